The first kappa shape index (κ1) is 20.6. The molecule has 170 valence electrons. The highest BCUT2D eigenvalue weighted by molar-refractivity contribution is 5.86. The summed E-state index contributed by atoms with van der Waals surface area (Å²) in [5.74, 6) is 0.864. The highest BCUT2D eigenvalue weighted by Gasteiger charge is 2.32. The van der Waals surface area contributed by atoms with Crippen molar-refractivity contribution in [3.8, 4) is 11.3 Å². The number of H-pyrrole nitrogens is 1. The molecule has 0 spiro atoms. The van der Waals surface area contributed by atoms with Crippen LogP contribution in [0.15, 0.2) is 79.1 Å². The van der Waals surface area contributed by atoms with Crippen LogP contribution in [0.5, 0.6) is 0 Å². The van der Waals surface area contributed by atoms with E-state index in [0.29, 0.717) is 6.54 Å². The Morgan fingerprint density at radius 2 is 1.79 bits per heavy atom. The minimum atomic E-state index is -0.134. The normalized spacial score (nSPS) is 17.0. The van der Waals surface area contributed by atoms with Gasteiger partial charge < -0.3 is 14.8 Å². The van der Waals surface area contributed by atoms with Crippen LogP contribution in [0.4, 0.5) is 0 Å². The summed E-state index contributed by atoms with van der Waals surface area (Å²) >= 11 is 0. The lowest BCUT2D eigenvalue weighted by atomic mass is 10.1. The SMILES string of the molecule is CN1CCN(C(=O)Cn2cc3ccccc3n2)C(c2ncc(-c3ccc4ccccc4c3)[nH]2)C1. The van der Waals surface area contributed by atoms with Crippen LogP contribution in [0.2, 0.25) is 0 Å². The van der Waals surface area contributed by atoms with E-state index in [-0.39, 0.29) is 18.5 Å². The van der Waals surface area contributed by atoms with Crippen molar-refractivity contribution in [1.82, 2.24) is 29.5 Å². The van der Waals surface area contributed by atoms with E-state index in [9.17, 15) is 4.79 Å². The van der Waals surface area contributed by atoms with Crippen LogP contribution in [-0.2, 0) is 11.3 Å². The average Bonchev–Trinajstić information content (AvgIpc) is 3.50. The van der Waals surface area contributed by atoms with E-state index >= 15 is 0 Å². The maximum absolute atomic E-state index is 13.4. The molecule has 2 aromatic heterocycles. The monoisotopic (exact) mass is 450 g/mol. The van der Waals surface area contributed by atoms with Crippen molar-refractivity contribution in [3.63, 3.8) is 0 Å². The van der Waals surface area contributed by atoms with Crippen LogP contribution < -0.4 is 0 Å². The zero-order valence-electron chi connectivity index (χ0n) is 19.1. The van der Waals surface area contributed by atoms with Crippen molar-refractivity contribution in [3.05, 3.63) is 84.9 Å². The quantitative estimate of drug-likeness (QED) is 0.448. The van der Waals surface area contributed by atoms with E-state index in [4.69, 9.17) is 4.98 Å². The van der Waals surface area contributed by atoms with Crippen LogP contribution in [0.3, 0.4) is 0 Å². The number of hydrogen-bond acceptors (Lipinski definition) is 4. The number of carbonyl (C=O) groups is 1. The van der Waals surface area contributed by atoms with Gasteiger partial charge in [0.2, 0.25) is 5.91 Å². The third-order valence-corrected chi connectivity index (χ3v) is 6.63. The van der Waals surface area contributed by atoms with Crippen molar-refractivity contribution < 1.29 is 4.79 Å². The summed E-state index contributed by atoms with van der Waals surface area (Å²) in [5.41, 5.74) is 2.94. The van der Waals surface area contributed by atoms with Crippen molar-refractivity contribution in [2.75, 3.05) is 26.7 Å². The topological polar surface area (TPSA) is 70.1 Å². The molecule has 1 fully saturated rings. The zero-order chi connectivity index (χ0) is 23.1. The molecule has 0 bridgehead atoms. The van der Waals surface area contributed by atoms with Gasteiger partial charge >= 0.3 is 0 Å². The Morgan fingerprint density at radius 1 is 1.00 bits per heavy atom. The molecule has 0 aliphatic carbocycles. The number of benzene rings is 3. The van der Waals surface area contributed by atoms with E-state index in [1.165, 1.54) is 10.8 Å². The van der Waals surface area contributed by atoms with E-state index in [0.717, 1.165) is 41.1 Å². The van der Waals surface area contributed by atoms with Gasteiger partial charge in [0.05, 0.1) is 17.4 Å². The number of rotatable bonds is 4. The number of likely N-dealkylation sites (N-methyl/N-ethyl adjacent to an activating group) is 1. The fourth-order valence-corrected chi connectivity index (χ4v) is 4.79. The van der Waals surface area contributed by atoms with Crippen molar-refractivity contribution in [2.45, 2.75) is 12.6 Å². The molecule has 1 unspecified atom stereocenters. The van der Waals surface area contributed by atoms with Gasteiger partial charge in [0.25, 0.3) is 0 Å². The molecule has 1 N–H and O–H groups in total. The number of nitrogens with zero attached hydrogens (tertiary/aromatic N) is 5. The Bertz CT molecular complexity index is 1450. The molecule has 1 aliphatic heterocycles. The molecule has 7 nitrogen and oxygen atoms in total. The Labute approximate surface area is 197 Å². The van der Waals surface area contributed by atoms with E-state index in [1.54, 1.807) is 4.68 Å². The van der Waals surface area contributed by atoms with Crippen molar-refractivity contribution >= 4 is 27.6 Å². The molecular weight excluding hydrogens is 424 g/mol. The third-order valence-electron chi connectivity index (χ3n) is 6.63. The van der Waals surface area contributed by atoms with Gasteiger partial charge in [-0.1, -0.05) is 54.6 Å². The third kappa shape index (κ3) is 3.84. The maximum atomic E-state index is 13.4. The summed E-state index contributed by atoms with van der Waals surface area (Å²) in [5, 5.41) is 8.01. The highest BCUT2D eigenvalue weighted by Crippen LogP contribution is 2.28. The summed E-state index contributed by atoms with van der Waals surface area (Å²) in [6.07, 6.45) is 3.81. The molecule has 0 radical (unpaired) electrons. The number of fused-ring (bicyclic) bond motifs is 2. The molecule has 1 aliphatic rings. The van der Waals surface area contributed by atoms with Gasteiger partial charge in [-0.25, -0.2) is 4.98 Å². The van der Waals surface area contributed by atoms with Gasteiger partial charge in [-0.15, -0.1) is 0 Å². The lowest BCUT2D eigenvalue weighted by Crippen LogP contribution is -2.50. The van der Waals surface area contributed by atoms with Gasteiger partial charge in [-0.3, -0.25) is 9.48 Å². The number of carbonyl (C=O) groups excluding carboxylic acids is 1. The Morgan fingerprint density at radius 3 is 2.65 bits per heavy atom. The van der Waals surface area contributed by atoms with Crippen LogP contribution in [-0.4, -0.2) is 62.1 Å². The number of amides is 1. The van der Waals surface area contributed by atoms with E-state index in [1.807, 2.05) is 47.6 Å². The Hall–Kier alpha value is -3.97. The number of hydrogen-bond donors (Lipinski definition) is 1. The molecule has 1 saturated heterocycles. The van der Waals surface area contributed by atoms with Gasteiger partial charge in [0.1, 0.15) is 18.4 Å². The fraction of sp³-hybridized carbons (Fsp3) is 0.222. The summed E-state index contributed by atoms with van der Waals surface area (Å²) in [6.45, 7) is 2.44. The second kappa shape index (κ2) is 8.43. The number of aromatic amines is 1. The summed E-state index contributed by atoms with van der Waals surface area (Å²) in [4.78, 5) is 25.8. The molecular formula is C27H26N6O. The predicted octanol–water partition coefficient (Wildman–Crippen LogP) is 4.09. The van der Waals surface area contributed by atoms with Crippen LogP contribution in [0, 0.1) is 0 Å². The van der Waals surface area contributed by atoms with Crippen molar-refractivity contribution in [1.29, 1.82) is 0 Å². The van der Waals surface area contributed by atoms with Crippen LogP contribution in [0.1, 0.15) is 11.9 Å². The summed E-state index contributed by atoms with van der Waals surface area (Å²) < 4.78 is 1.74. The Balaban J connectivity index is 1.26. The molecule has 7 heteroatoms. The largest absolute Gasteiger partial charge is 0.340 e. The lowest BCUT2D eigenvalue weighted by molar-refractivity contribution is -0.137. The predicted molar refractivity (Wildman–Crippen MR) is 133 cm³/mol. The highest BCUT2D eigenvalue weighted by atomic mass is 16.2. The summed E-state index contributed by atoms with van der Waals surface area (Å²) in [6, 6.07) is 22.5. The zero-order valence-corrected chi connectivity index (χ0v) is 19.1. The molecule has 34 heavy (non-hydrogen) atoms. The molecule has 5 aromatic rings. The minimum absolute atomic E-state index is 0.0505. The number of imidazole rings is 1. The van der Waals surface area contributed by atoms with Gasteiger partial charge in [0, 0.05) is 36.8 Å². The lowest BCUT2D eigenvalue weighted by Gasteiger charge is -2.39. The molecule has 0 saturated carbocycles. The molecule has 1 amide bonds. The standard InChI is InChI=1S/C27H26N6O/c1-31-12-13-33(26(34)18-32-16-22-8-4-5-9-23(22)30-32)25(17-31)27-28-15-24(29-27)21-11-10-19-6-2-3-7-20(19)14-21/h2-11,14-16,25H,12-13,17-18H2,1H3,(H,28,29). The first-order valence-corrected chi connectivity index (χ1v) is 11.6. The number of nitrogens with one attached hydrogen (secondary N) is 1. The smallest absolute Gasteiger partial charge is 0.245 e. The average molecular weight is 451 g/mol. The molecule has 6 rings (SSSR count). The molecule has 1 atom stereocenters. The molecule has 3 heterocycles. The first-order valence-electron chi connectivity index (χ1n) is 11.6. The van der Waals surface area contributed by atoms with E-state index < -0.39 is 0 Å². The second-order valence-corrected chi connectivity index (χ2v) is 8.99. The van der Waals surface area contributed by atoms with Gasteiger partial charge in [-0.05, 0) is 30.0 Å². The maximum Gasteiger partial charge on any atom is 0.245 e. The van der Waals surface area contributed by atoms with E-state index in [2.05, 4.69) is 58.4 Å². The van der Waals surface area contributed by atoms with Gasteiger partial charge in [-0.2, -0.15) is 5.10 Å². The minimum Gasteiger partial charge on any atom is -0.340 e. The van der Waals surface area contributed by atoms with Crippen LogP contribution in [0.25, 0.3) is 32.9 Å². The van der Waals surface area contributed by atoms with Crippen molar-refractivity contribution in [2.24, 2.45) is 0 Å². The second-order valence-electron chi connectivity index (χ2n) is 8.99. The first-order chi connectivity index (χ1) is 16.6. The van der Waals surface area contributed by atoms with Crippen LogP contribution >= 0.6 is 0 Å². The molecule has 3 aromatic carbocycles. The number of piperazine rings is 1. The fourth-order valence-electron chi connectivity index (χ4n) is 4.79. The number of aromatic nitrogens is 4. The van der Waals surface area contributed by atoms with Gasteiger partial charge in [0.15, 0.2) is 0 Å². The summed E-state index contributed by atoms with van der Waals surface area (Å²) in [7, 11) is 2.09. The Kier molecular flexibility index (Phi) is 5.11.